The molecule has 33 heavy (non-hydrogen) atoms. The Labute approximate surface area is 200 Å². The zero-order valence-electron chi connectivity index (χ0n) is 20.1. The Morgan fingerprint density at radius 3 is 2.58 bits per heavy atom. The Morgan fingerprint density at radius 2 is 1.91 bits per heavy atom. The molecule has 1 atom stereocenters. The van der Waals surface area contributed by atoms with E-state index in [9.17, 15) is 4.79 Å². The predicted octanol–water partition coefficient (Wildman–Crippen LogP) is 5.95. The molecule has 1 unspecified atom stereocenters. The van der Waals surface area contributed by atoms with Crippen molar-refractivity contribution < 1.29 is 13.6 Å². The van der Waals surface area contributed by atoms with Gasteiger partial charge in [-0.15, -0.1) is 21.5 Å². The first-order valence-electron chi connectivity index (χ1n) is 11.4. The molecule has 0 radical (unpaired) electrons. The van der Waals surface area contributed by atoms with E-state index < -0.39 is 8.32 Å². The van der Waals surface area contributed by atoms with Crippen molar-refractivity contribution >= 4 is 25.6 Å². The number of carbonyl (C=O) groups excluding carboxylic acids is 1. The highest BCUT2D eigenvalue weighted by Gasteiger charge is 2.40. The molecule has 4 rings (SSSR count). The van der Waals surface area contributed by atoms with Gasteiger partial charge in [0.25, 0.3) is 5.91 Å². The summed E-state index contributed by atoms with van der Waals surface area (Å²) in [5, 5.41) is 12.2. The van der Waals surface area contributed by atoms with E-state index in [0.717, 1.165) is 23.3 Å². The van der Waals surface area contributed by atoms with Crippen LogP contribution in [0.5, 0.6) is 0 Å². The van der Waals surface area contributed by atoms with Gasteiger partial charge in [-0.3, -0.25) is 4.79 Å². The topological polar surface area (TPSA) is 90.1 Å². The van der Waals surface area contributed by atoms with Gasteiger partial charge >= 0.3 is 0 Å². The largest absolute Gasteiger partial charge is 0.422 e. The summed E-state index contributed by atoms with van der Waals surface area (Å²) in [6.07, 6.45) is 3.08. The molecule has 0 bridgehead atoms. The van der Waals surface area contributed by atoms with E-state index in [1.807, 2.05) is 37.3 Å². The van der Waals surface area contributed by atoms with Crippen LogP contribution in [0.1, 0.15) is 74.1 Å². The van der Waals surface area contributed by atoms with Gasteiger partial charge in [0.2, 0.25) is 11.8 Å². The molecule has 9 heteroatoms. The Morgan fingerprint density at radius 1 is 1.21 bits per heavy atom. The van der Waals surface area contributed by atoms with Gasteiger partial charge < -0.3 is 14.2 Å². The van der Waals surface area contributed by atoms with Crippen LogP contribution in [0.15, 0.2) is 40.9 Å². The molecule has 1 aliphatic carbocycles. The first-order chi connectivity index (χ1) is 15.5. The maximum absolute atomic E-state index is 12.6. The zero-order valence-corrected chi connectivity index (χ0v) is 21.9. The summed E-state index contributed by atoms with van der Waals surface area (Å²) < 4.78 is 12.3. The second kappa shape index (κ2) is 9.12. The van der Waals surface area contributed by atoms with Crippen molar-refractivity contribution in [1.82, 2.24) is 20.5 Å². The van der Waals surface area contributed by atoms with Crippen molar-refractivity contribution in [3.05, 3.63) is 53.3 Å². The third kappa shape index (κ3) is 5.25. The second-order valence-corrected chi connectivity index (χ2v) is 16.0. The third-order valence-corrected chi connectivity index (χ3v) is 12.3. The highest BCUT2D eigenvalue weighted by atomic mass is 32.1. The molecule has 2 aromatic heterocycles. The van der Waals surface area contributed by atoms with Gasteiger partial charge in [-0.2, -0.15) is 0 Å². The Balaban J connectivity index is 1.29. The van der Waals surface area contributed by atoms with Crippen molar-refractivity contribution in [1.29, 1.82) is 0 Å². The molecule has 1 N–H and O–H groups in total. The lowest BCUT2D eigenvalue weighted by molar-refractivity contribution is 0.0901. The van der Waals surface area contributed by atoms with E-state index in [0.29, 0.717) is 16.8 Å². The average Bonchev–Trinajstić information content (AvgIpc) is 3.40. The minimum atomic E-state index is -1.92. The summed E-state index contributed by atoms with van der Waals surface area (Å²) >= 11 is 1.41. The summed E-state index contributed by atoms with van der Waals surface area (Å²) in [5.74, 6) is 1.18. The van der Waals surface area contributed by atoms with Gasteiger partial charge in [-0.05, 0) is 43.5 Å². The van der Waals surface area contributed by atoms with Gasteiger partial charge in [0.15, 0.2) is 13.3 Å². The summed E-state index contributed by atoms with van der Waals surface area (Å²) in [5.41, 5.74) is 1.07. The van der Waals surface area contributed by atoms with Gasteiger partial charge in [0, 0.05) is 18.2 Å². The number of nitrogens with zero attached hydrogens (tertiary/aromatic N) is 3. The smallest absolute Gasteiger partial charge is 0.280 e. The quantitative estimate of drug-likeness (QED) is 0.417. The van der Waals surface area contributed by atoms with E-state index in [1.165, 1.54) is 11.3 Å². The molecule has 1 fully saturated rings. The van der Waals surface area contributed by atoms with Crippen LogP contribution in [0.3, 0.4) is 0 Å². The lowest BCUT2D eigenvalue weighted by atomic mass is 9.80. The van der Waals surface area contributed by atoms with E-state index in [-0.39, 0.29) is 29.0 Å². The fraction of sp³-hybridized carbons (Fsp3) is 0.500. The molecule has 7 nitrogen and oxygen atoms in total. The van der Waals surface area contributed by atoms with Gasteiger partial charge in [-0.25, -0.2) is 4.98 Å². The van der Waals surface area contributed by atoms with Crippen molar-refractivity contribution in [2.45, 2.75) is 76.7 Å². The number of aromatic nitrogens is 3. The maximum Gasteiger partial charge on any atom is 0.280 e. The molecule has 1 saturated carbocycles. The van der Waals surface area contributed by atoms with Crippen molar-refractivity contribution in [2.24, 2.45) is 0 Å². The number of carbonyl (C=O) groups is 1. The molecule has 3 aromatic rings. The number of hydrogen-bond donors (Lipinski definition) is 1. The van der Waals surface area contributed by atoms with Crippen LogP contribution >= 0.6 is 11.3 Å². The molecule has 0 spiro atoms. The van der Waals surface area contributed by atoms with Crippen LogP contribution in [0.4, 0.5) is 0 Å². The molecule has 1 aliphatic rings. The zero-order chi connectivity index (χ0) is 23.8. The second-order valence-electron chi connectivity index (χ2n) is 10.2. The van der Waals surface area contributed by atoms with E-state index in [4.69, 9.17) is 8.84 Å². The first kappa shape index (κ1) is 23.8. The number of benzene rings is 1. The molecule has 1 amide bonds. The molecule has 1 aromatic carbocycles. The minimum absolute atomic E-state index is 0.0860. The molecule has 176 valence electrons. The van der Waals surface area contributed by atoms with Crippen molar-refractivity contribution in [3.63, 3.8) is 0 Å². The van der Waals surface area contributed by atoms with Gasteiger partial charge in [0.1, 0.15) is 6.10 Å². The summed E-state index contributed by atoms with van der Waals surface area (Å²) in [7, 11) is -1.92. The van der Waals surface area contributed by atoms with E-state index in [2.05, 4.69) is 54.4 Å². The SMILES string of the molecule is CC(O[Si](C)(C)C(C)(C)C)c1nnc([C@H]2C[C@H](NC(=O)c3ncc(-c4ccccc4)s3)C2)o1. The lowest BCUT2D eigenvalue weighted by Crippen LogP contribution is -2.43. The van der Waals surface area contributed by atoms with Crippen LogP contribution in [0.25, 0.3) is 10.4 Å². The molecule has 0 aliphatic heterocycles. The first-order valence-corrected chi connectivity index (χ1v) is 15.1. The van der Waals surface area contributed by atoms with Crippen LogP contribution in [0.2, 0.25) is 18.1 Å². The average molecular weight is 485 g/mol. The monoisotopic (exact) mass is 484 g/mol. The molecular weight excluding hydrogens is 452 g/mol. The fourth-order valence-corrected chi connectivity index (χ4v) is 5.71. The summed E-state index contributed by atoms with van der Waals surface area (Å²) in [6.45, 7) is 13.0. The Kier molecular flexibility index (Phi) is 6.57. The third-order valence-electron chi connectivity index (χ3n) is 6.66. The normalized spacial score (nSPS) is 19.7. The number of rotatable bonds is 7. The van der Waals surface area contributed by atoms with Crippen LogP contribution in [0, 0.1) is 0 Å². The Hall–Kier alpha value is -2.36. The lowest BCUT2D eigenvalue weighted by Gasteiger charge is -2.37. The van der Waals surface area contributed by atoms with Gasteiger partial charge in [0.05, 0.1) is 4.88 Å². The van der Waals surface area contributed by atoms with Gasteiger partial charge in [-0.1, -0.05) is 51.1 Å². The van der Waals surface area contributed by atoms with Crippen LogP contribution in [-0.4, -0.2) is 35.4 Å². The molecule has 0 saturated heterocycles. The van der Waals surface area contributed by atoms with Crippen molar-refractivity contribution in [2.75, 3.05) is 0 Å². The van der Waals surface area contributed by atoms with E-state index >= 15 is 0 Å². The van der Waals surface area contributed by atoms with Crippen LogP contribution in [-0.2, 0) is 4.43 Å². The van der Waals surface area contributed by atoms with Crippen molar-refractivity contribution in [3.8, 4) is 10.4 Å². The molecular formula is C24H32N4O3SSi. The Bertz CT molecular complexity index is 1100. The van der Waals surface area contributed by atoms with E-state index in [1.54, 1.807) is 6.20 Å². The van der Waals surface area contributed by atoms with Crippen LogP contribution < -0.4 is 5.32 Å². The maximum atomic E-state index is 12.6. The fourth-order valence-electron chi connectivity index (χ4n) is 3.54. The predicted molar refractivity (Wildman–Crippen MR) is 132 cm³/mol. The number of hydrogen-bond acceptors (Lipinski definition) is 7. The molecule has 2 heterocycles. The minimum Gasteiger partial charge on any atom is -0.422 e. The standard InChI is InChI=1S/C24H32N4O3SSi/c1-15(31-33(5,6)24(2,3)4)21-27-28-22(30-21)17-12-18(13-17)26-20(29)23-25-14-19(32-23)16-10-8-7-9-11-16/h7-11,14-15,17-18H,12-13H2,1-6H3,(H,26,29)/t15?,17-,18-. The highest BCUT2D eigenvalue weighted by molar-refractivity contribution is 7.17. The highest BCUT2D eigenvalue weighted by Crippen LogP contribution is 2.41. The number of thiazole rings is 1. The number of nitrogens with one attached hydrogen (secondary N) is 1. The summed E-state index contributed by atoms with van der Waals surface area (Å²) in [6, 6.07) is 10.0. The number of amides is 1. The summed E-state index contributed by atoms with van der Waals surface area (Å²) in [4.78, 5) is 17.9.